The average Bonchev–Trinajstić information content (AvgIpc) is 4.14. The van der Waals surface area contributed by atoms with E-state index in [4.69, 9.17) is 0 Å². The van der Waals surface area contributed by atoms with E-state index < -0.39 is 0 Å². The average molecular weight is 882 g/mol. The molecule has 10 aromatic carbocycles. The van der Waals surface area contributed by atoms with E-state index in [2.05, 4.69) is 202 Å². The van der Waals surface area contributed by atoms with E-state index in [1.165, 1.54) is 63.5 Å². The summed E-state index contributed by atoms with van der Waals surface area (Å²) in [5.41, 5.74) is 14.7. The van der Waals surface area contributed by atoms with Gasteiger partial charge in [-0.1, -0.05) is 115 Å². The Bertz CT molecular complexity index is 4530. The zero-order chi connectivity index (χ0) is 45.0. The Balaban J connectivity index is 1.10. The van der Waals surface area contributed by atoms with Crippen LogP contribution in [0.15, 0.2) is 212 Å². The van der Waals surface area contributed by atoms with Crippen LogP contribution in [0.25, 0.3) is 125 Å². The van der Waals surface area contributed by atoms with Crippen molar-refractivity contribution in [3.8, 4) is 51.5 Å². The lowest BCUT2D eigenvalue weighted by molar-refractivity contribution is 1.14. The quantitative estimate of drug-likeness (QED) is 0.173. The lowest BCUT2D eigenvalue weighted by Gasteiger charge is -2.18. The Morgan fingerprint density at radius 1 is 0.338 bits per heavy atom. The van der Waals surface area contributed by atoms with Gasteiger partial charge in [0.25, 0.3) is 0 Å². The molecular formula is C62H35N5S. The Labute approximate surface area is 394 Å². The smallest absolute Gasteiger partial charge is 0.0992 e. The topological polar surface area (TPSA) is 62.4 Å². The number of hydrogen-bond acceptors (Lipinski definition) is 3. The van der Waals surface area contributed by atoms with Crippen LogP contribution in [0.5, 0.6) is 0 Å². The summed E-state index contributed by atoms with van der Waals surface area (Å²) in [6, 6.07) is 80.2. The van der Waals surface area contributed by atoms with Gasteiger partial charge in [0, 0.05) is 69.4 Å². The fraction of sp³-hybridized carbons (Fsp3) is 0. The number of nitrogens with zero attached hydrogens (tertiary/aromatic N) is 5. The Hall–Kier alpha value is -9.20. The first-order valence-electron chi connectivity index (χ1n) is 22.7. The molecule has 14 aromatic rings. The molecule has 0 saturated carbocycles. The van der Waals surface area contributed by atoms with E-state index in [1.54, 1.807) is 0 Å². The van der Waals surface area contributed by atoms with E-state index >= 15 is 0 Å². The molecular weight excluding hydrogens is 847 g/mol. The summed E-state index contributed by atoms with van der Waals surface area (Å²) in [5, 5.41) is 30.1. The Morgan fingerprint density at radius 2 is 1.00 bits per heavy atom. The van der Waals surface area contributed by atoms with Crippen LogP contribution >= 0.6 is 11.3 Å². The minimum absolute atomic E-state index is 0.546. The second kappa shape index (κ2) is 14.7. The molecule has 0 aliphatic rings. The van der Waals surface area contributed by atoms with Crippen molar-refractivity contribution in [1.29, 1.82) is 10.5 Å². The van der Waals surface area contributed by atoms with Crippen LogP contribution in [0.2, 0.25) is 0 Å². The van der Waals surface area contributed by atoms with Gasteiger partial charge in [-0.05, 0) is 114 Å². The molecule has 0 spiro atoms. The summed E-state index contributed by atoms with van der Waals surface area (Å²) in [4.78, 5) is 0. The molecule has 314 valence electrons. The van der Waals surface area contributed by atoms with Gasteiger partial charge in [-0.2, -0.15) is 10.5 Å². The first-order chi connectivity index (χ1) is 33.6. The van der Waals surface area contributed by atoms with Crippen LogP contribution in [0.3, 0.4) is 0 Å². The molecule has 0 unspecified atom stereocenters. The molecule has 68 heavy (non-hydrogen) atoms. The first-order valence-corrected chi connectivity index (χ1v) is 23.5. The summed E-state index contributed by atoms with van der Waals surface area (Å²) in [7, 11) is 0. The molecule has 4 heterocycles. The minimum atomic E-state index is 0.546. The SMILES string of the molecule is N#Cc1cccc(-c2cc(C#N)cc(-c3ccc(-n4c5ccccc5c5c4ccc4c6ccccc6n(-c6ccccc6)c45)cc3-n3c4ccccc4c4cc5c(cc43)sc3ccccc35)c2)c1. The van der Waals surface area contributed by atoms with Crippen molar-refractivity contribution in [2.24, 2.45) is 0 Å². The van der Waals surface area contributed by atoms with Gasteiger partial charge in [-0.15, -0.1) is 11.3 Å². The fourth-order valence-electron chi connectivity index (χ4n) is 10.9. The van der Waals surface area contributed by atoms with Crippen molar-refractivity contribution in [2.75, 3.05) is 0 Å². The van der Waals surface area contributed by atoms with E-state index in [9.17, 15) is 10.5 Å². The molecule has 4 aromatic heterocycles. The lowest BCUT2D eigenvalue weighted by atomic mass is 9.94. The van der Waals surface area contributed by atoms with Crippen LogP contribution in [-0.2, 0) is 0 Å². The zero-order valence-electron chi connectivity index (χ0n) is 36.4. The van der Waals surface area contributed by atoms with Gasteiger partial charge in [0.05, 0.1) is 62.1 Å². The highest BCUT2D eigenvalue weighted by Gasteiger charge is 2.24. The van der Waals surface area contributed by atoms with E-state index in [0.717, 1.165) is 61.4 Å². The van der Waals surface area contributed by atoms with Crippen molar-refractivity contribution < 1.29 is 0 Å². The number of para-hydroxylation sites is 4. The third-order valence-corrected chi connectivity index (χ3v) is 15.0. The van der Waals surface area contributed by atoms with Gasteiger partial charge in [0.15, 0.2) is 0 Å². The number of aromatic nitrogens is 3. The minimum Gasteiger partial charge on any atom is -0.309 e. The molecule has 0 aliphatic carbocycles. The normalized spacial score (nSPS) is 11.8. The van der Waals surface area contributed by atoms with Crippen molar-refractivity contribution in [3.05, 3.63) is 223 Å². The maximum absolute atomic E-state index is 10.6. The Morgan fingerprint density at radius 3 is 1.79 bits per heavy atom. The molecule has 0 bridgehead atoms. The van der Waals surface area contributed by atoms with Crippen LogP contribution in [-0.4, -0.2) is 13.7 Å². The van der Waals surface area contributed by atoms with E-state index in [-0.39, 0.29) is 0 Å². The van der Waals surface area contributed by atoms with Gasteiger partial charge in [0.2, 0.25) is 0 Å². The number of fused-ring (bicyclic) bond motifs is 13. The lowest BCUT2D eigenvalue weighted by Crippen LogP contribution is -2.02. The highest BCUT2D eigenvalue weighted by Crippen LogP contribution is 2.46. The molecule has 0 amide bonds. The van der Waals surface area contributed by atoms with Crippen molar-refractivity contribution in [2.45, 2.75) is 0 Å². The second-order valence-corrected chi connectivity index (χ2v) is 18.6. The summed E-state index contributed by atoms with van der Waals surface area (Å²) in [5.74, 6) is 0. The maximum Gasteiger partial charge on any atom is 0.0992 e. The van der Waals surface area contributed by atoms with Crippen LogP contribution in [0, 0.1) is 22.7 Å². The predicted octanol–water partition coefficient (Wildman–Crippen LogP) is 16.4. The van der Waals surface area contributed by atoms with Gasteiger partial charge in [-0.25, -0.2) is 0 Å². The van der Waals surface area contributed by atoms with Crippen LogP contribution in [0.4, 0.5) is 0 Å². The van der Waals surface area contributed by atoms with Gasteiger partial charge in [-0.3, -0.25) is 0 Å². The first kappa shape index (κ1) is 38.1. The zero-order valence-corrected chi connectivity index (χ0v) is 37.2. The third-order valence-electron chi connectivity index (χ3n) is 13.8. The summed E-state index contributed by atoms with van der Waals surface area (Å²) in [6.45, 7) is 0. The van der Waals surface area contributed by atoms with Gasteiger partial charge in [0.1, 0.15) is 0 Å². The van der Waals surface area contributed by atoms with Crippen molar-refractivity contribution >= 4 is 96.9 Å². The van der Waals surface area contributed by atoms with Gasteiger partial charge < -0.3 is 13.7 Å². The largest absolute Gasteiger partial charge is 0.309 e. The number of rotatable bonds is 5. The van der Waals surface area contributed by atoms with E-state index in [1.807, 2.05) is 47.7 Å². The molecule has 0 N–H and O–H groups in total. The van der Waals surface area contributed by atoms with Crippen molar-refractivity contribution in [3.63, 3.8) is 0 Å². The molecule has 6 heteroatoms. The molecule has 5 nitrogen and oxygen atoms in total. The molecule has 0 aliphatic heterocycles. The predicted molar refractivity (Wildman–Crippen MR) is 283 cm³/mol. The molecule has 0 atom stereocenters. The Kier molecular flexibility index (Phi) is 8.21. The highest BCUT2D eigenvalue weighted by molar-refractivity contribution is 7.25. The van der Waals surface area contributed by atoms with E-state index in [0.29, 0.717) is 11.1 Å². The van der Waals surface area contributed by atoms with Crippen LogP contribution < -0.4 is 0 Å². The van der Waals surface area contributed by atoms with Crippen LogP contribution in [0.1, 0.15) is 11.1 Å². The molecule has 0 fully saturated rings. The summed E-state index contributed by atoms with van der Waals surface area (Å²) >= 11 is 1.83. The third kappa shape index (κ3) is 5.53. The monoisotopic (exact) mass is 881 g/mol. The number of hydrogen-bond donors (Lipinski definition) is 0. The number of benzene rings is 10. The fourth-order valence-corrected chi connectivity index (χ4v) is 12.1. The summed E-state index contributed by atoms with van der Waals surface area (Å²) < 4.78 is 9.78. The summed E-state index contributed by atoms with van der Waals surface area (Å²) in [6.07, 6.45) is 0. The molecule has 14 rings (SSSR count). The molecule has 0 radical (unpaired) electrons. The highest BCUT2D eigenvalue weighted by atomic mass is 32.1. The standard InChI is InChI=1S/C62H35N5S/c63-36-38-13-12-14-40(29-38)41-30-39(37-64)31-42(32-41)45-26-25-44(33-57(45)67-54-22-9-5-18-47(54)51-34-52-48-19-7-11-24-59(48)68-60(52)35-58(51)67)65-55-23-10-6-20-50(55)61-56(65)28-27-49-46-17-4-8-21-53(46)66(62(49)61)43-15-2-1-3-16-43/h1-35H. The second-order valence-electron chi connectivity index (χ2n) is 17.5. The number of nitriles is 2. The number of thiophene rings is 1. The maximum atomic E-state index is 10.6. The van der Waals surface area contributed by atoms with Gasteiger partial charge >= 0.3 is 0 Å². The van der Waals surface area contributed by atoms with Crippen molar-refractivity contribution in [1.82, 2.24) is 13.7 Å². The molecule has 0 saturated heterocycles.